The predicted octanol–water partition coefficient (Wildman–Crippen LogP) is 13.4. The summed E-state index contributed by atoms with van der Waals surface area (Å²) >= 11 is 1.72. The van der Waals surface area contributed by atoms with Crippen molar-refractivity contribution in [3.05, 3.63) is 164 Å². The summed E-state index contributed by atoms with van der Waals surface area (Å²) in [4.78, 5) is 11.7. The van der Waals surface area contributed by atoms with Gasteiger partial charge in [0.25, 0.3) is 0 Å². The lowest BCUT2D eigenvalue weighted by Crippen LogP contribution is -1.94. The molecule has 0 spiro atoms. The van der Waals surface area contributed by atoms with Gasteiger partial charge >= 0.3 is 0 Å². The average molecular weight is 678 g/mol. The molecule has 3 nitrogen and oxygen atoms in total. The molecule has 0 saturated heterocycles. The highest BCUT2D eigenvalue weighted by Gasteiger charge is 2.19. The third kappa shape index (κ3) is 3.84. The van der Waals surface area contributed by atoms with Crippen molar-refractivity contribution in [3.8, 4) is 16.8 Å². The molecule has 0 fully saturated rings. The Morgan fingerprint density at radius 1 is 0.385 bits per heavy atom. The molecule has 240 valence electrons. The fourth-order valence-corrected chi connectivity index (χ4v) is 9.63. The molecule has 0 aliphatic rings. The second-order valence-electron chi connectivity index (χ2n) is 13.7. The molecule has 12 rings (SSSR count). The van der Waals surface area contributed by atoms with Crippen LogP contribution in [0.3, 0.4) is 0 Å². The molecule has 3 heterocycles. The number of rotatable bonds is 2. The number of thiophene rings is 1. The van der Waals surface area contributed by atoms with Gasteiger partial charge in [-0.25, -0.2) is 9.97 Å². The molecule has 12 aromatic rings. The Kier molecular flexibility index (Phi) is 5.65. The molecule has 0 radical (unpaired) electrons. The van der Waals surface area contributed by atoms with Gasteiger partial charge in [0.1, 0.15) is 10.3 Å². The normalized spacial score (nSPS) is 12.2. The molecular formula is C48H27N3S. The zero-order valence-electron chi connectivity index (χ0n) is 27.8. The van der Waals surface area contributed by atoms with E-state index in [0.717, 1.165) is 48.8 Å². The van der Waals surface area contributed by atoms with Crippen LogP contribution in [0.15, 0.2) is 164 Å². The molecular weight excluding hydrogens is 651 g/mol. The highest BCUT2D eigenvalue weighted by Crippen LogP contribution is 2.42. The van der Waals surface area contributed by atoms with Crippen molar-refractivity contribution in [1.82, 2.24) is 14.5 Å². The van der Waals surface area contributed by atoms with E-state index in [1.54, 1.807) is 11.3 Å². The Bertz CT molecular complexity index is 3390. The second kappa shape index (κ2) is 10.5. The molecule has 3 aromatic heterocycles. The minimum absolute atomic E-state index is 0.959. The molecule has 0 saturated carbocycles. The monoisotopic (exact) mass is 677 g/mol. The maximum absolute atomic E-state index is 5.40. The summed E-state index contributed by atoms with van der Waals surface area (Å²) in [5.41, 5.74) is 8.78. The maximum atomic E-state index is 5.40. The van der Waals surface area contributed by atoms with E-state index < -0.39 is 0 Å². The number of hydrogen-bond donors (Lipinski definition) is 0. The standard InChI is InChI=1S/C48H27N3S/c1-3-14-33-28(10-1)20-23-40-43(33)44-34-15-4-2-11-29(34)21-24-41(44)51(40)32-13-9-12-30(26-32)31-22-25-42-39(27-31)47-48(52-42)50-46-38-19-8-6-17-36(38)35-16-5-7-18-37(35)45(46)49-47/h1-27H. The van der Waals surface area contributed by atoms with Gasteiger partial charge in [0.15, 0.2) is 0 Å². The SMILES string of the molecule is c1cc(-c2ccc3sc4nc5c6ccccc6c6ccccc6c5nc4c3c2)cc(-n2c3ccc4ccccc4c3c3c4ccccc4ccc32)c1. The highest BCUT2D eigenvalue weighted by atomic mass is 32.1. The van der Waals surface area contributed by atoms with Crippen molar-refractivity contribution in [2.24, 2.45) is 0 Å². The van der Waals surface area contributed by atoms with E-state index in [4.69, 9.17) is 9.97 Å². The van der Waals surface area contributed by atoms with Crippen LogP contribution < -0.4 is 0 Å². The van der Waals surface area contributed by atoms with Crippen molar-refractivity contribution in [2.45, 2.75) is 0 Å². The van der Waals surface area contributed by atoms with E-state index >= 15 is 0 Å². The van der Waals surface area contributed by atoms with Gasteiger partial charge in [-0.2, -0.15) is 0 Å². The summed E-state index contributed by atoms with van der Waals surface area (Å²) in [7, 11) is 0. The van der Waals surface area contributed by atoms with Crippen molar-refractivity contribution < 1.29 is 0 Å². The highest BCUT2D eigenvalue weighted by molar-refractivity contribution is 7.25. The molecule has 9 aromatic carbocycles. The van der Waals surface area contributed by atoms with Crippen LogP contribution in [0.4, 0.5) is 0 Å². The fraction of sp³-hybridized carbons (Fsp3) is 0. The summed E-state index contributed by atoms with van der Waals surface area (Å²) in [5, 5.41) is 13.5. The number of hydrogen-bond acceptors (Lipinski definition) is 3. The van der Waals surface area contributed by atoms with Crippen LogP contribution in [0.1, 0.15) is 0 Å². The van der Waals surface area contributed by atoms with E-state index in [1.165, 1.54) is 64.4 Å². The Labute approximate surface area is 301 Å². The topological polar surface area (TPSA) is 30.7 Å². The molecule has 0 aliphatic carbocycles. The van der Waals surface area contributed by atoms with E-state index in [9.17, 15) is 0 Å². The lowest BCUT2D eigenvalue weighted by molar-refractivity contribution is 1.18. The largest absolute Gasteiger partial charge is 0.309 e. The van der Waals surface area contributed by atoms with Gasteiger partial charge in [-0.1, -0.05) is 127 Å². The summed E-state index contributed by atoms with van der Waals surface area (Å²) in [6.07, 6.45) is 0. The molecule has 0 aliphatic heterocycles. The third-order valence-corrected chi connectivity index (χ3v) is 12.0. The van der Waals surface area contributed by atoms with Gasteiger partial charge in [0.2, 0.25) is 0 Å². The van der Waals surface area contributed by atoms with Crippen LogP contribution in [0.25, 0.3) is 113 Å². The molecule has 0 bridgehead atoms. The average Bonchev–Trinajstić information content (AvgIpc) is 3.75. The van der Waals surface area contributed by atoms with Gasteiger partial charge in [-0.15, -0.1) is 11.3 Å². The van der Waals surface area contributed by atoms with E-state index in [0.29, 0.717) is 0 Å². The van der Waals surface area contributed by atoms with Crippen LogP contribution in [0.5, 0.6) is 0 Å². The van der Waals surface area contributed by atoms with Gasteiger partial charge < -0.3 is 4.57 Å². The molecule has 0 atom stereocenters. The first kappa shape index (κ1) is 28.1. The molecule has 52 heavy (non-hydrogen) atoms. The quantitative estimate of drug-likeness (QED) is 0.171. The summed E-state index contributed by atoms with van der Waals surface area (Å²) in [6.45, 7) is 0. The Morgan fingerprint density at radius 2 is 0.942 bits per heavy atom. The minimum Gasteiger partial charge on any atom is -0.309 e. The molecule has 0 amide bonds. The van der Waals surface area contributed by atoms with Crippen molar-refractivity contribution in [3.63, 3.8) is 0 Å². The number of aromatic nitrogens is 3. The number of benzene rings is 9. The lowest BCUT2D eigenvalue weighted by atomic mass is 9.99. The smallest absolute Gasteiger partial charge is 0.143 e. The van der Waals surface area contributed by atoms with Crippen LogP contribution in [0, 0.1) is 0 Å². The molecule has 0 unspecified atom stereocenters. The van der Waals surface area contributed by atoms with E-state index in [1.807, 2.05) is 0 Å². The third-order valence-electron chi connectivity index (χ3n) is 10.9. The summed E-state index contributed by atoms with van der Waals surface area (Å²) in [5.74, 6) is 0. The van der Waals surface area contributed by atoms with Gasteiger partial charge in [-0.3, -0.25) is 0 Å². The Morgan fingerprint density at radius 3 is 1.60 bits per heavy atom. The second-order valence-corrected chi connectivity index (χ2v) is 14.8. The van der Waals surface area contributed by atoms with Crippen molar-refractivity contribution >= 4 is 108 Å². The van der Waals surface area contributed by atoms with Gasteiger partial charge in [-0.05, 0) is 79.8 Å². The Hall–Kier alpha value is -6.62. The first-order valence-electron chi connectivity index (χ1n) is 17.7. The minimum atomic E-state index is 0.959. The predicted molar refractivity (Wildman–Crippen MR) is 222 cm³/mol. The lowest BCUT2D eigenvalue weighted by Gasteiger charge is -2.11. The van der Waals surface area contributed by atoms with Crippen LogP contribution in [-0.4, -0.2) is 14.5 Å². The van der Waals surface area contributed by atoms with Crippen LogP contribution in [0.2, 0.25) is 0 Å². The first-order valence-corrected chi connectivity index (χ1v) is 18.5. The maximum Gasteiger partial charge on any atom is 0.143 e. The van der Waals surface area contributed by atoms with Crippen LogP contribution in [-0.2, 0) is 0 Å². The number of nitrogens with zero attached hydrogens (tertiary/aromatic N) is 3. The van der Waals surface area contributed by atoms with Crippen LogP contribution >= 0.6 is 11.3 Å². The van der Waals surface area contributed by atoms with Gasteiger partial charge in [0.05, 0.1) is 22.1 Å². The van der Waals surface area contributed by atoms with Gasteiger partial charge in [0, 0.05) is 37.3 Å². The fourth-order valence-electron chi connectivity index (χ4n) is 8.63. The summed E-state index contributed by atoms with van der Waals surface area (Å²) < 4.78 is 3.64. The zero-order chi connectivity index (χ0) is 33.9. The van der Waals surface area contributed by atoms with E-state index in [2.05, 4.69) is 168 Å². The summed E-state index contributed by atoms with van der Waals surface area (Å²) in [6, 6.07) is 59.5. The first-order chi connectivity index (χ1) is 25.8. The number of fused-ring (bicyclic) bond motifs is 16. The zero-order valence-corrected chi connectivity index (χ0v) is 28.7. The van der Waals surface area contributed by atoms with Crippen molar-refractivity contribution in [1.29, 1.82) is 0 Å². The Balaban J connectivity index is 1.09. The molecule has 0 N–H and O–H groups in total. The van der Waals surface area contributed by atoms with E-state index in [-0.39, 0.29) is 0 Å². The molecule has 4 heteroatoms. The van der Waals surface area contributed by atoms with Crippen molar-refractivity contribution in [2.75, 3.05) is 0 Å².